The van der Waals surface area contributed by atoms with E-state index in [1.54, 1.807) is 12.1 Å². The van der Waals surface area contributed by atoms with Crippen molar-refractivity contribution >= 4 is 6.08 Å². The van der Waals surface area contributed by atoms with Gasteiger partial charge in [0.2, 0.25) is 0 Å². The highest BCUT2D eigenvalue weighted by molar-refractivity contribution is 5.64. The molecule has 4 rings (SSSR count). The monoisotopic (exact) mass is 372 g/mol. The number of hydrogen-bond donors (Lipinski definition) is 1. The molecule has 2 aromatic rings. The van der Waals surface area contributed by atoms with E-state index in [9.17, 15) is 18.3 Å². The summed E-state index contributed by atoms with van der Waals surface area (Å²) < 4.78 is 48.9. The predicted octanol–water partition coefficient (Wildman–Crippen LogP) is 4.20. The normalized spacial score (nSPS) is 20.4. The molecule has 2 aliphatic rings. The van der Waals surface area contributed by atoms with Crippen LogP contribution in [0.4, 0.5) is 13.2 Å². The highest BCUT2D eigenvalue weighted by Gasteiger charge is 2.30. The number of aliphatic hydroxyl groups is 1. The average molecular weight is 372 g/mol. The summed E-state index contributed by atoms with van der Waals surface area (Å²) in [6.45, 7) is 0.939. The molecule has 0 fully saturated rings. The van der Waals surface area contributed by atoms with Gasteiger partial charge in [-0.3, -0.25) is 0 Å². The van der Waals surface area contributed by atoms with E-state index >= 15 is 0 Å². The van der Waals surface area contributed by atoms with Crippen LogP contribution in [0.5, 0.6) is 11.5 Å². The van der Waals surface area contributed by atoms with E-state index < -0.39 is 23.8 Å². The number of fused-ring (bicyclic) bond motifs is 2. The molecule has 0 bridgehead atoms. The van der Waals surface area contributed by atoms with Crippen molar-refractivity contribution < 1.29 is 27.8 Å². The summed E-state index contributed by atoms with van der Waals surface area (Å²) in [4.78, 5) is 0. The number of halogens is 3. The molecular weight excluding hydrogens is 357 g/mol. The summed E-state index contributed by atoms with van der Waals surface area (Å²) in [5, 5.41) is 10.7. The van der Waals surface area contributed by atoms with Crippen molar-refractivity contribution in [2.24, 2.45) is 5.92 Å². The van der Waals surface area contributed by atoms with Crippen molar-refractivity contribution in [3.05, 3.63) is 64.7 Å². The van der Waals surface area contributed by atoms with Gasteiger partial charge in [0, 0.05) is 5.56 Å². The summed E-state index contributed by atoms with van der Waals surface area (Å²) in [7, 11) is 0. The zero-order valence-electron chi connectivity index (χ0n) is 14.1. The van der Waals surface area contributed by atoms with E-state index in [2.05, 4.69) is 11.8 Å². The van der Waals surface area contributed by atoms with Crippen LogP contribution in [0.1, 0.15) is 28.4 Å². The topological polar surface area (TPSA) is 38.7 Å². The zero-order valence-corrected chi connectivity index (χ0v) is 14.1. The molecule has 1 aliphatic carbocycles. The van der Waals surface area contributed by atoms with Crippen molar-refractivity contribution in [2.45, 2.75) is 12.3 Å². The molecule has 0 aromatic heterocycles. The number of aliphatic hydroxyl groups excluding tert-OH is 1. The Hall–Kier alpha value is -2.91. The maximum atomic E-state index is 12.6. The van der Waals surface area contributed by atoms with Crippen LogP contribution in [0.15, 0.2) is 42.5 Å². The molecule has 2 aromatic carbocycles. The minimum Gasteiger partial charge on any atom is -0.486 e. The first-order chi connectivity index (χ1) is 12.9. The van der Waals surface area contributed by atoms with Gasteiger partial charge in [-0.2, -0.15) is 13.2 Å². The van der Waals surface area contributed by atoms with Crippen LogP contribution in [0, 0.1) is 17.8 Å². The second kappa shape index (κ2) is 6.67. The van der Waals surface area contributed by atoms with Crippen LogP contribution >= 0.6 is 0 Å². The first-order valence-electron chi connectivity index (χ1n) is 8.40. The van der Waals surface area contributed by atoms with Gasteiger partial charge in [0.1, 0.15) is 13.2 Å². The van der Waals surface area contributed by atoms with Gasteiger partial charge in [-0.15, -0.1) is 0 Å². The summed E-state index contributed by atoms with van der Waals surface area (Å²) in [5.41, 5.74) is 1.26. The Labute approximate surface area is 154 Å². The number of alkyl halides is 3. The highest BCUT2D eigenvalue weighted by atomic mass is 19.4. The lowest BCUT2D eigenvalue weighted by Gasteiger charge is -2.26. The molecular formula is C21H15F3O3. The van der Waals surface area contributed by atoms with E-state index in [0.29, 0.717) is 35.8 Å². The predicted molar refractivity (Wildman–Crippen MR) is 93.2 cm³/mol. The van der Waals surface area contributed by atoms with Gasteiger partial charge in [-0.1, -0.05) is 24.0 Å². The van der Waals surface area contributed by atoms with Crippen LogP contribution in [0.2, 0.25) is 0 Å². The Kier molecular flexibility index (Phi) is 4.33. The summed E-state index contributed by atoms with van der Waals surface area (Å²) >= 11 is 0. The quantitative estimate of drug-likeness (QED) is 0.705. The average Bonchev–Trinajstić information content (AvgIpc) is 2.66. The van der Waals surface area contributed by atoms with Crippen molar-refractivity contribution in [3.63, 3.8) is 0 Å². The van der Waals surface area contributed by atoms with Crippen LogP contribution in [0.25, 0.3) is 6.08 Å². The van der Waals surface area contributed by atoms with Crippen molar-refractivity contribution in [1.29, 1.82) is 0 Å². The Morgan fingerprint density at radius 1 is 1.00 bits per heavy atom. The van der Waals surface area contributed by atoms with Crippen LogP contribution in [-0.2, 0) is 6.18 Å². The molecule has 1 N–H and O–H groups in total. The molecule has 1 aliphatic heterocycles. The fourth-order valence-electron chi connectivity index (χ4n) is 3.06. The Balaban J connectivity index is 1.57. The van der Waals surface area contributed by atoms with Crippen molar-refractivity contribution in [3.8, 4) is 23.3 Å². The van der Waals surface area contributed by atoms with Crippen molar-refractivity contribution in [1.82, 2.24) is 0 Å². The van der Waals surface area contributed by atoms with E-state index in [1.807, 2.05) is 12.1 Å². The SMILES string of the molecule is O[C@@H]1c2cc3c(cc2C=C[C@@H]1C#Cc1ccc(C(F)(F)F)cc1)OCCO3. The standard InChI is InChI=1S/C21H15F3O3/c22-21(23,24)16-7-2-13(3-8-16)1-4-14-5-6-15-11-18-19(27-10-9-26-18)12-17(15)20(14)25/h2-3,5-8,11-12,14,20,25H,9-10H2/t14-,20-/m0/s1. The lowest BCUT2D eigenvalue weighted by atomic mass is 9.86. The largest absolute Gasteiger partial charge is 0.486 e. The van der Waals surface area contributed by atoms with E-state index in [4.69, 9.17) is 9.47 Å². The summed E-state index contributed by atoms with van der Waals surface area (Å²) in [6, 6.07) is 8.22. The number of hydrogen-bond acceptors (Lipinski definition) is 3. The molecule has 3 nitrogen and oxygen atoms in total. The van der Waals surface area contributed by atoms with E-state index in [-0.39, 0.29) is 0 Å². The molecule has 0 spiro atoms. The third kappa shape index (κ3) is 3.51. The maximum absolute atomic E-state index is 12.6. The van der Waals surface area contributed by atoms with Crippen LogP contribution in [-0.4, -0.2) is 18.3 Å². The Morgan fingerprint density at radius 3 is 2.33 bits per heavy atom. The lowest BCUT2D eigenvalue weighted by molar-refractivity contribution is -0.137. The molecule has 2 atom stereocenters. The first kappa shape index (κ1) is 17.5. The molecule has 0 saturated carbocycles. The number of benzene rings is 2. The lowest BCUT2D eigenvalue weighted by Crippen LogP contribution is -2.18. The van der Waals surface area contributed by atoms with Gasteiger partial charge < -0.3 is 14.6 Å². The molecule has 1 heterocycles. The molecule has 0 unspecified atom stereocenters. The van der Waals surface area contributed by atoms with Gasteiger partial charge in [0.15, 0.2) is 11.5 Å². The molecule has 0 saturated heterocycles. The second-order valence-electron chi connectivity index (χ2n) is 6.30. The summed E-state index contributed by atoms with van der Waals surface area (Å²) in [5.74, 6) is 6.52. The summed E-state index contributed by atoms with van der Waals surface area (Å²) in [6.07, 6.45) is -1.60. The molecule has 138 valence electrons. The Morgan fingerprint density at radius 2 is 1.67 bits per heavy atom. The second-order valence-corrected chi connectivity index (χ2v) is 6.30. The molecule has 6 heteroatoms. The molecule has 27 heavy (non-hydrogen) atoms. The zero-order chi connectivity index (χ0) is 19.0. The van der Waals surface area contributed by atoms with Gasteiger partial charge >= 0.3 is 6.18 Å². The Bertz CT molecular complexity index is 950. The number of rotatable bonds is 0. The third-order valence-corrected chi connectivity index (χ3v) is 4.49. The number of ether oxygens (including phenoxy) is 2. The van der Waals surface area contributed by atoms with Crippen molar-refractivity contribution in [2.75, 3.05) is 13.2 Å². The highest BCUT2D eigenvalue weighted by Crippen LogP contribution is 2.40. The fraction of sp³-hybridized carbons (Fsp3) is 0.238. The third-order valence-electron chi connectivity index (χ3n) is 4.49. The minimum atomic E-state index is -4.37. The fourth-order valence-corrected chi connectivity index (χ4v) is 3.06. The first-order valence-corrected chi connectivity index (χ1v) is 8.40. The van der Waals surface area contributed by atoms with E-state index in [1.165, 1.54) is 12.1 Å². The van der Waals surface area contributed by atoms with Gasteiger partial charge in [-0.25, -0.2) is 0 Å². The van der Waals surface area contributed by atoms with E-state index in [0.717, 1.165) is 17.7 Å². The van der Waals surface area contributed by atoms with Gasteiger partial charge in [0.05, 0.1) is 17.6 Å². The van der Waals surface area contributed by atoms with Crippen LogP contribution < -0.4 is 9.47 Å². The molecule has 0 amide bonds. The molecule has 0 radical (unpaired) electrons. The smallest absolute Gasteiger partial charge is 0.416 e. The van der Waals surface area contributed by atoms with Crippen LogP contribution in [0.3, 0.4) is 0 Å². The maximum Gasteiger partial charge on any atom is 0.416 e. The van der Waals surface area contributed by atoms with Gasteiger partial charge in [0.25, 0.3) is 0 Å². The minimum absolute atomic E-state index is 0.453. The van der Waals surface area contributed by atoms with Gasteiger partial charge in [-0.05, 0) is 47.5 Å².